The molecule has 3 N–H and O–H groups in total. The fourth-order valence-electron chi connectivity index (χ4n) is 2.75. The van der Waals surface area contributed by atoms with Crippen LogP contribution in [0.5, 0.6) is 0 Å². The maximum absolute atomic E-state index is 13.5. The molecular weight excluding hydrogens is 425 g/mol. The van der Waals surface area contributed by atoms with E-state index in [-0.39, 0.29) is 22.2 Å². The van der Waals surface area contributed by atoms with Crippen LogP contribution in [0.25, 0.3) is 10.9 Å². The molecule has 30 heavy (non-hydrogen) atoms. The largest absolute Gasteiger partial charge is 0.416 e. The standard InChI is InChI=1S/C19H13F5N3O2Si/c1-18(30,9-2-4-10(5-3-9)19(22,23)24)27-17(29)16(28)26-15-8-25-14-7-13(21)12(20)6-11(14)15/h2-8,25H,1H3,(H,26,28)(H,27,29)/t18-/m1/s1. The van der Waals surface area contributed by atoms with Gasteiger partial charge in [-0.05, 0) is 30.7 Å². The van der Waals surface area contributed by atoms with Gasteiger partial charge in [-0.15, -0.1) is 0 Å². The first-order valence-corrected chi connectivity index (χ1v) is 8.91. The zero-order chi connectivity index (χ0) is 22.3. The molecule has 155 valence electrons. The van der Waals surface area contributed by atoms with Crippen LogP contribution in [0.15, 0.2) is 42.6 Å². The molecule has 0 bridgehead atoms. The van der Waals surface area contributed by atoms with Crippen molar-refractivity contribution in [3.8, 4) is 0 Å². The third-order valence-corrected chi connectivity index (χ3v) is 4.74. The summed E-state index contributed by atoms with van der Waals surface area (Å²) in [5.74, 6) is -4.43. The average Bonchev–Trinajstić information content (AvgIpc) is 3.02. The third kappa shape index (κ3) is 4.35. The van der Waals surface area contributed by atoms with Crippen molar-refractivity contribution in [3.05, 3.63) is 65.4 Å². The Kier molecular flexibility index (Phi) is 5.41. The molecule has 3 radical (unpaired) electrons. The number of rotatable bonds is 3. The molecule has 0 unspecified atom stereocenters. The Morgan fingerprint density at radius 2 is 1.53 bits per heavy atom. The molecule has 3 rings (SSSR count). The van der Waals surface area contributed by atoms with Gasteiger partial charge in [0.1, 0.15) is 0 Å². The molecule has 11 heteroatoms. The summed E-state index contributed by atoms with van der Waals surface area (Å²) in [7, 11) is 3.24. The summed E-state index contributed by atoms with van der Waals surface area (Å²) >= 11 is 0. The van der Waals surface area contributed by atoms with Crippen LogP contribution >= 0.6 is 0 Å². The van der Waals surface area contributed by atoms with Crippen molar-refractivity contribution < 1.29 is 31.5 Å². The number of amides is 2. The minimum atomic E-state index is -4.51. The van der Waals surface area contributed by atoms with E-state index in [2.05, 4.69) is 25.9 Å². The second-order valence-electron chi connectivity index (χ2n) is 6.62. The van der Waals surface area contributed by atoms with Crippen LogP contribution in [0.1, 0.15) is 18.1 Å². The third-order valence-electron chi connectivity index (χ3n) is 4.33. The number of carbonyl (C=O) groups excluding carboxylic acids is 2. The van der Waals surface area contributed by atoms with Crippen LogP contribution in [0.2, 0.25) is 0 Å². The van der Waals surface area contributed by atoms with Gasteiger partial charge in [-0.2, -0.15) is 13.2 Å². The number of nitrogens with one attached hydrogen (secondary N) is 3. The summed E-state index contributed by atoms with van der Waals surface area (Å²) in [5.41, 5.74) is -0.340. The lowest BCUT2D eigenvalue weighted by Crippen LogP contribution is -2.48. The van der Waals surface area contributed by atoms with Gasteiger partial charge in [0.25, 0.3) is 0 Å². The summed E-state index contributed by atoms with van der Waals surface area (Å²) in [6.45, 7) is 1.43. The van der Waals surface area contributed by atoms with Crippen LogP contribution in [-0.4, -0.2) is 27.0 Å². The van der Waals surface area contributed by atoms with E-state index in [1.165, 1.54) is 13.1 Å². The fraction of sp³-hybridized carbons (Fsp3) is 0.158. The number of hydrogen-bond donors (Lipinski definition) is 3. The molecule has 2 aromatic carbocycles. The van der Waals surface area contributed by atoms with Crippen LogP contribution < -0.4 is 10.6 Å². The fourth-order valence-corrected chi connectivity index (χ4v) is 3.03. The van der Waals surface area contributed by atoms with Crippen LogP contribution in [0.4, 0.5) is 27.6 Å². The maximum atomic E-state index is 13.5. The van der Waals surface area contributed by atoms with E-state index < -0.39 is 40.4 Å². The zero-order valence-corrected chi connectivity index (χ0v) is 16.2. The number of anilines is 1. The molecule has 1 heterocycles. The summed E-state index contributed by atoms with van der Waals surface area (Å²) in [5, 5.41) is 3.42. The zero-order valence-electron chi connectivity index (χ0n) is 15.2. The van der Waals surface area contributed by atoms with Gasteiger partial charge >= 0.3 is 18.0 Å². The molecule has 2 amide bonds. The molecule has 0 aliphatic carbocycles. The molecule has 0 aliphatic heterocycles. The average molecular weight is 438 g/mol. The first-order valence-electron chi connectivity index (χ1n) is 8.41. The van der Waals surface area contributed by atoms with Gasteiger partial charge in [0.2, 0.25) is 0 Å². The van der Waals surface area contributed by atoms with Crippen LogP contribution in [0.3, 0.4) is 0 Å². The highest BCUT2D eigenvalue weighted by Gasteiger charge is 2.32. The lowest BCUT2D eigenvalue weighted by Gasteiger charge is -2.27. The van der Waals surface area contributed by atoms with Crippen molar-refractivity contribution in [3.63, 3.8) is 0 Å². The number of hydrogen-bond acceptors (Lipinski definition) is 2. The van der Waals surface area contributed by atoms with E-state index in [0.29, 0.717) is 0 Å². The summed E-state index contributed by atoms with van der Waals surface area (Å²) in [6, 6.07) is 5.78. The Labute approximate surface area is 170 Å². The smallest absolute Gasteiger partial charge is 0.359 e. The minimum absolute atomic E-state index is 0.0502. The van der Waals surface area contributed by atoms with E-state index >= 15 is 0 Å². The monoisotopic (exact) mass is 438 g/mol. The van der Waals surface area contributed by atoms with E-state index in [0.717, 1.165) is 36.4 Å². The summed E-state index contributed by atoms with van der Waals surface area (Å²) < 4.78 is 64.8. The van der Waals surface area contributed by atoms with Gasteiger partial charge in [-0.3, -0.25) is 9.59 Å². The number of aromatic nitrogens is 1. The Morgan fingerprint density at radius 3 is 2.13 bits per heavy atom. The highest BCUT2D eigenvalue weighted by atomic mass is 28.1. The van der Waals surface area contributed by atoms with E-state index in [1.807, 2.05) is 0 Å². The Hall–Kier alpha value is -3.21. The normalized spacial score (nSPS) is 13.7. The van der Waals surface area contributed by atoms with Gasteiger partial charge < -0.3 is 15.6 Å². The Balaban J connectivity index is 1.73. The number of halogens is 5. The van der Waals surface area contributed by atoms with Crippen molar-refractivity contribution in [2.45, 2.75) is 18.3 Å². The molecule has 1 aromatic heterocycles. The van der Waals surface area contributed by atoms with Gasteiger partial charge in [0.05, 0.1) is 27.0 Å². The number of aromatic amines is 1. The summed E-state index contributed by atoms with van der Waals surface area (Å²) in [6.07, 6.45) is -3.25. The predicted octanol–water partition coefficient (Wildman–Crippen LogP) is 3.56. The van der Waals surface area contributed by atoms with Crippen molar-refractivity contribution in [1.82, 2.24) is 10.3 Å². The quantitative estimate of drug-likeness (QED) is 0.332. The second-order valence-corrected chi connectivity index (χ2v) is 7.62. The van der Waals surface area contributed by atoms with Gasteiger partial charge in [-0.25, -0.2) is 8.78 Å². The van der Waals surface area contributed by atoms with Crippen LogP contribution in [-0.2, 0) is 20.9 Å². The SMILES string of the molecule is C[C@]([Si])(NC(=O)C(=O)Nc1c[nH]c2cc(F)c(F)cc12)c1ccc(C(F)(F)F)cc1. The highest BCUT2D eigenvalue weighted by Crippen LogP contribution is 2.30. The molecule has 0 saturated heterocycles. The Bertz CT molecular complexity index is 1120. The van der Waals surface area contributed by atoms with E-state index in [4.69, 9.17) is 0 Å². The number of alkyl halides is 3. The van der Waals surface area contributed by atoms with Crippen molar-refractivity contribution >= 4 is 38.6 Å². The number of H-pyrrole nitrogens is 1. The maximum Gasteiger partial charge on any atom is 0.416 e. The lowest BCUT2D eigenvalue weighted by atomic mass is 10.0. The molecular formula is C19H13F5N3O2Si. The molecule has 0 aliphatic rings. The van der Waals surface area contributed by atoms with Gasteiger partial charge in [0.15, 0.2) is 11.6 Å². The molecule has 5 nitrogen and oxygen atoms in total. The predicted molar refractivity (Wildman–Crippen MR) is 99.5 cm³/mol. The van der Waals surface area contributed by atoms with Crippen LogP contribution in [0, 0.1) is 11.6 Å². The first-order chi connectivity index (χ1) is 13.9. The highest BCUT2D eigenvalue weighted by molar-refractivity contribution is 6.41. The van der Waals surface area contributed by atoms with E-state index in [9.17, 15) is 31.5 Å². The molecule has 3 aromatic rings. The van der Waals surface area contributed by atoms with Gasteiger partial charge in [0, 0.05) is 22.8 Å². The lowest BCUT2D eigenvalue weighted by molar-refractivity contribution is -0.137. The molecule has 1 atom stereocenters. The number of benzene rings is 2. The van der Waals surface area contributed by atoms with Crippen molar-refractivity contribution in [2.24, 2.45) is 0 Å². The first kappa shape index (κ1) is 21.5. The minimum Gasteiger partial charge on any atom is -0.359 e. The second kappa shape index (κ2) is 7.56. The number of fused-ring (bicyclic) bond motifs is 1. The summed E-state index contributed by atoms with van der Waals surface area (Å²) in [4.78, 5) is 27.1. The van der Waals surface area contributed by atoms with Gasteiger partial charge in [-0.1, -0.05) is 12.1 Å². The Morgan fingerprint density at radius 1 is 0.967 bits per heavy atom. The number of carbonyl (C=O) groups is 2. The molecule has 0 saturated carbocycles. The molecule has 0 spiro atoms. The van der Waals surface area contributed by atoms with Crippen molar-refractivity contribution in [2.75, 3.05) is 5.32 Å². The van der Waals surface area contributed by atoms with E-state index in [1.54, 1.807) is 0 Å². The topological polar surface area (TPSA) is 74.0 Å². The molecule has 0 fully saturated rings. The van der Waals surface area contributed by atoms with Crippen molar-refractivity contribution in [1.29, 1.82) is 0 Å².